The van der Waals surface area contributed by atoms with Crippen molar-refractivity contribution in [2.24, 2.45) is 0 Å². The first kappa shape index (κ1) is 18.4. The molecule has 0 spiro atoms. The molecule has 2 N–H and O–H groups in total. The molecule has 1 aliphatic rings. The first-order valence-corrected chi connectivity index (χ1v) is 9.59. The van der Waals surface area contributed by atoms with Gasteiger partial charge in [0.25, 0.3) is 0 Å². The van der Waals surface area contributed by atoms with Crippen LogP contribution in [0.5, 0.6) is 0 Å². The number of halogens is 2. The summed E-state index contributed by atoms with van der Waals surface area (Å²) in [6.07, 6.45) is 1.03. The van der Waals surface area contributed by atoms with Crippen LogP contribution in [0.4, 0.5) is 0 Å². The van der Waals surface area contributed by atoms with E-state index < -0.39 is 0 Å². The van der Waals surface area contributed by atoms with Gasteiger partial charge >= 0.3 is 0 Å². The molecule has 0 amide bonds. The minimum Gasteiger partial charge on any atom is -0.390 e. The number of hydrogen-bond acceptors (Lipinski definition) is 4. The molecule has 1 aliphatic heterocycles. The number of aryl methyl sites for hydroxylation is 1. The number of nitrogens with zero attached hydrogens (tertiary/aromatic N) is 2. The SMILES string of the molecule is Cc1nc(-c2ccc3c(c2)CNCC3)c(CO)nc1-c1cccc(Cl)c1Cl. The van der Waals surface area contributed by atoms with Gasteiger partial charge in [-0.15, -0.1) is 0 Å². The average molecular weight is 400 g/mol. The maximum absolute atomic E-state index is 9.93. The number of aliphatic hydroxyl groups is 1. The molecule has 0 radical (unpaired) electrons. The summed E-state index contributed by atoms with van der Waals surface area (Å²) in [5.41, 5.74) is 6.89. The molecule has 2 aromatic carbocycles. The summed E-state index contributed by atoms with van der Waals surface area (Å²) in [6, 6.07) is 11.8. The Balaban J connectivity index is 1.84. The van der Waals surface area contributed by atoms with Gasteiger partial charge in [0.05, 0.1) is 39.4 Å². The second-order valence-corrected chi connectivity index (χ2v) is 7.41. The van der Waals surface area contributed by atoms with Crippen molar-refractivity contribution < 1.29 is 5.11 Å². The van der Waals surface area contributed by atoms with Crippen LogP contribution in [-0.2, 0) is 19.6 Å². The first-order valence-electron chi connectivity index (χ1n) is 8.84. The Labute approximate surface area is 168 Å². The Morgan fingerprint density at radius 1 is 1.07 bits per heavy atom. The molecule has 4 rings (SSSR count). The highest BCUT2D eigenvalue weighted by molar-refractivity contribution is 6.43. The molecule has 0 fully saturated rings. The van der Waals surface area contributed by atoms with Crippen molar-refractivity contribution in [1.29, 1.82) is 0 Å². The van der Waals surface area contributed by atoms with Gasteiger partial charge in [-0.2, -0.15) is 0 Å². The molecular formula is C21H19Cl2N3O. The summed E-state index contributed by atoms with van der Waals surface area (Å²) >= 11 is 12.5. The lowest BCUT2D eigenvalue weighted by Gasteiger charge is -2.19. The quantitative estimate of drug-likeness (QED) is 0.677. The van der Waals surface area contributed by atoms with Crippen LogP contribution in [0, 0.1) is 6.92 Å². The number of rotatable bonds is 3. The summed E-state index contributed by atoms with van der Waals surface area (Å²) in [5, 5.41) is 14.2. The lowest BCUT2D eigenvalue weighted by atomic mass is 9.96. The Kier molecular flexibility index (Phi) is 5.15. The maximum atomic E-state index is 9.93. The van der Waals surface area contributed by atoms with Crippen molar-refractivity contribution in [2.45, 2.75) is 26.5 Å². The molecular weight excluding hydrogens is 381 g/mol. The molecule has 1 aromatic heterocycles. The fraction of sp³-hybridized carbons (Fsp3) is 0.238. The molecule has 2 heterocycles. The van der Waals surface area contributed by atoms with E-state index in [9.17, 15) is 5.11 Å². The van der Waals surface area contributed by atoms with Crippen LogP contribution in [0.2, 0.25) is 10.0 Å². The van der Waals surface area contributed by atoms with Crippen LogP contribution in [0.1, 0.15) is 22.5 Å². The van der Waals surface area contributed by atoms with E-state index in [0.29, 0.717) is 32.7 Å². The van der Waals surface area contributed by atoms with Gasteiger partial charge in [0.15, 0.2) is 0 Å². The summed E-state index contributed by atoms with van der Waals surface area (Å²) in [6.45, 7) is 3.54. The highest BCUT2D eigenvalue weighted by Crippen LogP contribution is 2.35. The van der Waals surface area contributed by atoms with Crippen LogP contribution < -0.4 is 5.32 Å². The van der Waals surface area contributed by atoms with E-state index in [-0.39, 0.29) is 6.61 Å². The largest absolute Gasteiger partial charge is 0.390 e. The third kappa shape index (κ3) is 3.46. The Morgan fingerprint density at radius 2 is 1.93 bits per heavy atom. The van der Waals surface area contributed by atoms with Crippen molar-refractivity contribution in [1.82, 2.24) is 15.3 Å². The molecule has 0 aliphatic carbocycles. The number of benzene rings is 2. The molecule has 6 heteroatoms. The number of aliphatic hydroxyl groups excluding tert-OH is 1. The number of nitrogens with one attached hydrogen (secondary N) is 1. The summed E-state index contributed by atoms with van der Waals surface area (Å²) in [7, 11) is 0. The molecule has 0 saturated carbocycles. The highest BCUT2D eigenvalue weighted by atomic mass is 35.5. The molecule has 0 atom stereocenters. The van der Waals surface area contributed by atoms with Crippen LogP contribution in [-0.4, -0.2) is 21.6 Å². The van der Waals surface area contributed by atoms with Crippen LogP contribution in [0.25, 0.3) is 22.5 Å². The van der Waals surface area contributed by atoms with Crippen LogP contribution >= 0.6 is 23.2 Å². The van der Waals surface area contributed by atoms with E-state index in [1.165, 1.54) is 11.1 Å². The van der Waals surface area contributed by atoms with Gasteiger partial charge < -0.3 is 10.4 Å². The number of fused-ring (bicyclic) bond motifs is 1. The van der Waals surface area contributed by atoms with Gasteiger partial charge in [0.2, 0.25) is 0 Å². The summed E-state index contributed by atoms with van der Waals surface area (Å²) in [4.78, 5) is 9.45. The van der Waals surface area contributed by atoms with Gasteiger partial charge in [-0.3, -0.25) is 0 Å². The van der Waals surface area contributed by atoms with E-state index in [4.69, 9.17) is 28.2 Å². The Hall–Kier alpha value is -1.98. The topological polar surface area (TPSA) is 58.0 Å². The maximum Gasteiger partial charge on any atom is 0.0945 e. The van der Waals surface area contributed by atoms with Crippen molar-refractivity contribution in [2.75, 3.05) is 6.54 Å². The lowest BCUT2D eigenvalue weighted by Crippen LogP contribution is -2.23. The summed E-state index contributed by atoms with van der Waals surface area (Å²) in [5.74, 6) is 0. The molecule has 4 nitrogen and oxygen atoms in total. The third-order valence-corrected chi connectivity index (χ3v) is 5.68. The van der Waals surface area contributed by atoms with Crippen LogP contribution in [0.3, 0.4) is 0 Å². The average Bonchev–Trinajstić information content (AvgIpc) is 2.70. The van der Waals surface area contributed by atoms with Gasteiger partial charge in [-0.25, -0.2) is 9.97 Å². The smallest absolute Gasteiger partial charge is 0.0945 e. The predicted octanol–water partition coefficient (Wildman–Crippen LogP) is 4.56. The Bertz CT molecular complexity index is 1020. The molecule has 27 heavy (non-hydrogen) atoms. The van der Waals surface area contributed by atoms with Crippen molar-refractivity contribution >= 4 is 23.2 Å². The zero-order chi connectivity index (χ0) is 19.0. The summed E-state index contributed by atoms with van der Waals surface area (Å²) < 4.78 is 0. The number of hydrogen-bond donors (Lipinski definition) is 2. The van der Waals surface area contributed by atoms with E-state index in [1.54, 1.807) is 6.07 Å². The van der Waals surface area contributed by atoms with Gasteiger partial charge in [-0.05, 0) is 43.1 Å². The normalized spacial score (nSPS) is 13.5. The van der Waals surface area contributed by atoms with Crippen molar-refractivity contribution in [3.05, 3.63) is 69.0 Å². The third-order valence-electron chi connectivity index (χ3n) is 4.87. The second kappa shape index (κ2) is 7.56. The van der Waals surface area contributed by atoms with Crippen molar-refractivity contribution in [3.8, 4) is 22.5 Å². The van der Waals surface area contributed by atoms with E-state index in [0.717, 1.165) is 30.8 Å². The molecule has 138 valence electrons. The molecule has 0 unspecified atom stereocenters. The Morgan fingerprint density at radius 3 is 2.74 bits per heavy atom. The van der Waals surface area contributed by atoms with Crippen LogP contribution in [0.15, 0.2) is 36.4 Å². The fourth-order valence-corrected chi connectivity index (χ4v) is 3.86. The van der Waals surface area contributed by atoms with Gasteiger partial charge in [-0.1, -0.05) is 47.5 Å². The molecule has 0 bridgehead atoms. The highest BCUT2D eigenvalue weighted by Gasteiger charge is 2.18. The zero-order valence-corrected chi connectivity index (χ0v) is 16.4. The van der Waals surface area contributed by atoms with E-state index in [1.807, 2.05) is 19.1 Å². The fourth-order valence-electron chi connectivity index (χ4n) is 3.46. The minimum absolute atomic E-state index is 0.205. The first-order chi connectivity index (χ1) is 13.1. The lowest BCUT2D eigenvalue weighted by molar-refractivity contribution is 0.277. The molecule has 0 saturated heterocycles. The molecule has 3 aromatic rings. The van der Waals surface area contributed by atoms with E-state index in [2.05, 4.69) is 28.5 Å². The van der Waals surface area contributed by atoms with Gasteiger partial charge in [0, 0.05) is 17.7 Å². The van der Waals surface area contributed by atoms with E-state index >= 15 is 0 Å². The standard InChI is InChI=1S/C21H19Cl2N3O/c1-12-20(16-3-2-4-17(22)19(16)23)26-18(11-27)21(25-12)14-6-5-13-7-8-24-10-15(13)9-14/h2-6,9,24,27H,7-8,10-11H2,1H3. The zero-order valence-electron chi connectivity index (χ0n) is 14.9. The van der Waals surface area contributed by atoms with Crippen molar-refractivity contribution in [3.63, 3.8) is 0 Å². The predicted molar refractivity (Wildman–Crippen MR) is 109 cm³/mol. The second-order valence-electron chi connectivity index (χ2n) is 6.62. The minimum atomic E-state index is -0.205. The monoisotopic (exact) mass is 399 g/mol. The number of aromatic nitrogens is 2. The van der Waals surface area contributed by atoms with Gasteiger partial charge in [0.1, 0.15) is 0 Å².